The Hall–Kier alpha value is -2.40. The average molecular weight is 308 g/mol. The molecule has 0 aliphatic carbocycles. The summed E-state index contributed by atoms with van der Waals surface area (Å²) in [7, 11) is 0. The van der Waals surface area contributed by atoms with Gasteiger partial charge in [0.15, 0.2) is 0 Å². The molecule has 1 fully saturated rings. The molecule has 4 heterocycles. The van der Waals surface area contributed by atoms with Gasteiger partial charge in [0, 0.05) is 36.1 Å². The van der Waals surface area contributed by atoms with Gasteiger partial charge in [0.25, 0.3) is 0 Å². The largest absolute Gasteiger partial charge is 0.378 e. The van der Waals surface area contributed by atoms with E-state index >= 15 is 0 Å². The second-order valence-electron chi connectivity index (χ2n) is 6.03. The highest BCUT2D eigenvalue weighted by atomic mass is 16.5. The number of nitrogens with zero attached hydrogens (tertiary/aromatic N) is 3. The van der Waals surface area contributed by atoms with Crippen LogP contribution in [-0.2, 0) is 4.74 Å². The number of nitrogens with one attached hydrogen (secondary N) is 1. The zero-order chi connectivity index (χ0) is 15.8. The summed E-state index contributed by atoms with van der Waals surface area (Å²) < 4.78 is 5.44. The third kappa shape index (κ3) is 2.68. The fourth-order valence-corrected chi connectivity index (χ4v) is 3.17. The first kappa shape index (κ1) is 14.2. The molecule has 0 aromatic carbocycles. The number of hydrogen-bond donors (Lipinski definition) is 1. The highest BCUT2D eigenvalue weighted by Crippen LogP contribution is 2.30. The smallest absolute Gasteiger partial charge is 0.138 e. The minimum atomic E-state index is 0.765. The van der Waals surface area contributed by atoms with Crippen LogP contribution >= 0.6 is 0 Å². The zero-order valence-electron chi connectivity index (χ0n) is 13.5. The van der Waals surface area contributed by atoms with Gasteiger partial charge in [0.05, 0.1) is 13.2 Å². The summed E-state index contributed by atoms with van der Waals surface area (Å²) in [5.74, 6) is 1.03. The van der Waals surface area contributed by atoms with Gasteiger partial charge in [-0.15, -0.1) is 0 Å². The quantitative estimate of drug-likeness (QED) is 0.790. The molecule has 1 aliphatic heterocycles. The third-order valence-corrected chi connectivity index (χ3v) is 4.25. The Morgan fingerprint density at radius 3 is 2.78 bits per heavy atom. The molecule has 0 radical (unpaired) electrons. The van der Waals surface area contributed by atoms with Gasteiger partial charge in [-0.3, -0.25) is 0 Å². The number of aryl methyl sites for hydroxylation is 2. The zero-order valence-corrected chi connectivity index (χ0v) is 13.5. The summed E-state index contributed by atoms with van der Waals surface area (Å²) in [5.41, 5.74) is 5.47. The van der Waals surface area contributed by atoms with Gasteiger partial charge in [-0.1, -0.05) is 0 Å². The molecule has 0 atom stereocenters. The molecule has 0 amide bonds. The summed E-state index contributed by atoms with van der Waals surface area (Å²) >= 11 is 0. The minimum absolute atomic E-state index is 0.765. The van der Waals surface area contributed by atoms with Gasteiger partial charge in [0.1, 0.15) is 11.5 Å². The minimum Gasteiger partial charge on any atom is -0.378 e. The van der Waals surface area contributed by atoms with E-state index in [9.17, 15) is 0 Å². The van der Waals surface area contributed by atoms with E-state index in [0.717, 1.165) is 54.5 Å². The molecule has 118 valence electrons. The number of fused-ring (bicyclic) bond motifs is 1. The van der Waals surface area contributed by atoms with Crippen molar-refractivity contribution in [2.75, 3.05) is 31.2 Å². The second kappa shape index (κ2) is 5.66. The molecule has 0 unspecified atom stereocenters. The monoisotopic (exact) mass is 308 g/mol. The molecular weight excluding hydrogens is 288 g/mol. The number of aromatic nitrogens is 3. The van der Waals surface area contributed by atoms with E-state index in [4.69, 9.17) is 9.72 Å². The van der Waals surface area contributed by atoms with Gasteiger partial charge in [0.2, 0.25) is 0 Å². The van der Waals surface area contributed by atoms with E-state index in [0.29, 0.717) is 0 Å². The van der Waals surface area contributed by atoms with Crippen LogP contribution in [-0.4, -0.2) is 41.3 Å². The molecule has 1 N–H and O–H groups in total. The van der Waals surface area contributed by atoms with Gasteiger partial charge in [-0.05, 0) is 49.2 Å². The lowest BCUT2D eigenvalue weighted by molar-refractivity contribution is 0.122. The number of aromatic amines is 1. The molecule has 1 saturated heterocycles. The predicted molar refractivity (Wildman–Crippen MR) is 91.8 cm³/mol. The van der Waals surface area contributed by atoms with Crippen LogP contribution in [0.25, 0.3) is 22.2 Å². The van der Waals surface area contributed by atoms with Crippen LogP contribution < -0.4 is 4.90 Å². The first-order valence-electron chi connectivity index (χ1n) is 7.97. The summed E-state index contributed by atoms with van der Waals surface area (Å²) in [6.07, 6.45) is 1.86. The number of morpholine rings is 1. The number of hydrogen-bond acceptors (Lipinski definition) is 4. The number of pyridine rings is 2. The molecule has 1 aliphatic rings. The predicted octanol–water partition coefficient (Wildman–Crippen LogP) is 3.08. The number of anilines is 1. The maximum atomic E-state index is 5.44. The maximum Gasteiger partial charge on any atom is 0.138 e. The molecule has 3 aromatic heterocycles. The molecule has 0 saturated carbocycles. The Balaban J connectivity index is 1.82. The van der Waals surface area contributed by atoms with Crippen molar-refractivity contribution in [1.82, 2.24) is 15.0 Å². The Kier molecular flexibility index (Phi) is 3.50. The van der Waals surface area contributed by atoms with Crippen LogP contribution in [0.1, 0.15) is 11.4 Å². The van der Waals surface area contributed by atoms with Crippen LogP contribution in [0, 0.1) is 13.8 Å². The topological polar surface area (TPSA) is 54.0 Å². The van der Waals surface area contributed by atoms with E-state index in [-0.39, 0.29) is 0 Å². The van der Waals surface area contributed by atoms with Gasteiger partial charge in [-0.2, -0.15) is 0 Å². The van der Waals surface area contributed by atoms with Gasteiger partial charge < -0.3 is 14.6 Å². The first-order chi connectivity index (χ1) is 11.2. The lowest BCUT2D eigenvalue weighted by atomic mass is 10.0. The van der Waals surface area contributed by atoms with Crippen molar-refractivity contribution in [3.8, 4) is 11.1 Å². The Morgan fingerprint density at radius 2 is 1.96 bits per heavy atom. The molecule has 0 spiro atoms. The SMILES string of the molecule is Cc1cc(-c2ccnc3[nH]c(C)cc23)cc(N2CCOCC2)n1. The number of rotatable bonds is 2. The highest BCUT2D eigenvalue weighted by Gasteiger charge is 2.15. The Labute approximate surface area is 135 Å². The Morgan fingerprint density at radius 1 is 1.13 bits per heavy atom. The molecule has 5 heteroatoms. The van der Waals surface area contributed by atoms with Crippen molar-refractivity contribution in [3.63, 3.8) is 0 Å². The van der Waals surface area contributed by atoms with Crippen molar-refractivity contribution >= 4 is 16.9 Å². The lowest BCUT2D eigenvalue weighted by Crippen LogP contribution is -2.36. The highest BCUT2D eigenvalue weighted by molar-refractivity contribution is 5.93. The van der Waals surface area contributed by atoms with Crippen LogP contribution in [0.3, 0.4) is 0 Å². The number of H-pyrrole nitrogens is 1. The van der Waals surface area contributed by atoms with E-state index in [2.05, 4.69) is 46.1 Å². The van der Waals surface area contributed by atoms with Gasteiger partial charge >= 0.3 is 0 Å². The summed E-state index contributed by atoms with van der Waals surface area (Å²) in [5, 5.41) is 1.16. The molecule has 23 heavy (non-hydrogen) atoms. The van der Waals surface area contributed by atoms with Crippen molar-refractivity contribution in [1.29, 1.82) is 0 Å². The van der Waals surface area contributed by atoms with E-state index in [1.807, 2.05) is 13.1 Å². The molecule has 5 nitrogen and oxygen atoms in total. The van der Waals surface area contributed by atoms with E-state index in [1.54, 1.807) is 0 Å². The van der Waals surface area contributed by atoms with Crippen molar-refractivity contribution in [3.05, 3.63) is 41.9 Å². The number of ether oxygens (including phenoxy) is 1. The van der Waals surface area contributed by atoms with Crippen LogP contribution in [0.4, 0.5) is 5.82 Å². The lowest BCUT2D eigenvalue weighted by Gasteiger charge is -2.28. The molecule has 4 rings (SSSR count). The standard InChI is InChI=1S/C18H20N4O/c1-12-9-14(11-17(20-12)22-5-7-23-8-6-22)15-3-4-19-18-16(15)10-13(2)21-18/h3-4,9-11H,5-8H2,1-2H3,(H,19,21). The fourth-order valence-electron chi connectivity index (χ4n) is 3.17. The molecule has 0 bridgehead atoms. The van der Waals surface area contributed by atoms with Crippen molar-refractivity contribution in [2.24, 2.45) is 0 Å². The van der Waals surface area contributed by atoms with Gasteiger partial charge in [-0.25, -0.2) is 9.97 Å². The van der Waals surface area contributed by atoms with Crippen molar-refractivity contribution < 1.29 is 4.74 Å². The summed E-state index contributed by atoms with van der Waals surface area (Å²) in [6.45, 7) is 7.43. The fraction of sp³-hybridized carbons (Fsp3) is 0.333. The molecule has 3 aromatic rings. The van der Waals surface area contributed by atoms with Crippen LogP contribution in [0.15, 0.2) is 30.5 Å². The van der Waals surface area contributed by atoms with Crippen molar-refractivity contribution in [2.45, 2.75) is 13.8 Å². The summed E-state index contributed by atoms with van der Waals surface area (Å²) in [4.78, 5) is 14.7. The normalized spacial score (nSPS) is 15.3. The van der Waals surface area contributed by atoms with E-state index < -0.39 is 0 Å². The first-order valence-corrected chi connectivity index (χ1v) is 7.97. The van der Waals surface area contributed by atoms with E-state index in [1.165, 1.54) is 11.1 Å². The second-order valence-corrected chi connectivity index (χ2v) is 6.03. The third-order valence-electron chi connectivity index (χ3n) is 4.25. The molecular formula is C18H20N4O. The maximum absolute atomic E-state index is 5.44. The van der Waals surface area contributed by atoms with Crippen LogP contribution in [0.2, 0.25) is 0 Å². The Bertz CT molecular complexity index is 849. The summed E-state index contributed by atoms with van der Waals surface area (Å²) in [6, 6.07) is 8.55. The average Bonchev–Trinajstić information content (AvgIpc) is 2.95. The van der Waals surface area contributed by atoms with Crippen LogP contribution in [0.5, 0.6) is 0 Å².